The third-order valence-electron chi connectivity index (χ3n) is 4.85. The third kappa shape index (κ3) is 6.53. The fourth-order valence-corrected chi connectivity index (χ4v) is 3.13. The Balaban J connectivity index is 2.14. The molecule has 0 radical (unpaired) electrons. The lowest BCUT2D eigenvalue weighted by Gasteiger charge is -2.42. The average molecular weight is 316 g/mol. The van der Waals surface area contributed by atoms with Gasteiger partial charge in [-0.1, -0.05) is 58.8 Å². The maximum absolute atomic E-state index is 10.2. The van der Waals surface area contributed by atoms with E-state index in [2.05, 4.69) is 6.92 Å². The Kier molecular flexibility index (Phi) is 10.3. The van der Waals surface area contributed by atoms with Gasteiger partial charge in [0.1, 0.15) is 12.2 Å². The molecule has 4 heteroatoms. The summed E-state index contributed by atoms with van der Waals surface area (Å²) in [4.78, 5) is 0. The molecule has 1 fully saturated rings. The minimum Gasteiger partial charge on any atom is -0.394 e. The van der Waals surface area contributed by atoms with Crippen LogP contribution in [0, 0.1) is 5.92 Å². The molecule has 0 saturated carbocycles. The number of aliphatic hydroxyl groups is 2. The van der Waals surface area contributed by atoms with Gasteiger partial charge in [0.25, 0.3) is 0 Å². The molecule has 0 aromatic rings. The summed E-state index contributed by atoms with van der Waals surface area (Å²) in [5, 5.41) is 19.5. The summed E-state index contributed by atoms with van der Waals surface area (Å²) in [6.07, 6.45) is 8.71. The van der Waals surface area contributed by atoms with Crippen LogP contribution in [0.15, 0.2) is 0 Å². The number of rotatable bonds is 11. The molecule has 0 spiro atoms. The molecule has 0 aromatic carbocycles. The topological polar surface area (TPSA) is 58.9 Å². The molecule has 1 rings (SSSR count). The van der Waals surface area contributed by atoms with Crippen LogP contribution in [-0.4, -0.2) is 47.8 Å². The van der Waals surface area contributed by atoms with E-state index < -0.39 is 12.2 Å². The maximum Gasteiger partial charge on any atom is 0.109 e. The van der Waals surface area contributed by atoms with E-state index in [1.807, 2.05) is 13.8 Å². The van der Waals surface area contributed by atoms with Crippen molar-refractivity contribution in [1.82, 2.24) is 0 Å². The van der Waals surface area contributed by atoms with Gasteiger partial charge in [0.2, 0.25) is 0 Å². The molecule has 4 nitrogen and oxygen atoms in total. The lowest BCUT2D eigenvalue weighted by Crippen LogP contribution is -2.55. The number of ether oxygens (including phenoxy) is 2. The van der Waals surface area contributed by atoms with Gasteiger partial charge < -0.3 is 19.7 Å². The van der Waals surface area contributed by atoms with E-state index in [1.54, 1.807) is 0 Å². The van der Waals surface area contributed by atoms with Crippen LogP contribution in [0.4, 0.5) is 0 Å². The molecule has 132 valence electrons. The summed E-state index contributed by atoms with van der Waals surface area (Å²) in [7, 11) is 0. The van der Waals surface area contributed by atoms with Gasteiger partial charge in [0.15, 0.2) is 0 Å². The molecule has 1 aliphatic rings. The standard InChI is InChI=1S/C18H36O4/c1-4-5-6-7-8-9-10-11-12-21-18-14(2)15(3)22-16(13-19)17(18)20/h14-20H,4-13H2,1-3H3/t14-,15+,16+,17+,18+/m0/s1. The van der Waals surface area contributed by atoms with Crippen molar-refractivity contribution in [3.63, 3.8) is 0 Å². The van der Waals surface area contributed by atoms with Gasteiger partial charge in [-0.15, -0.1) is 0 Å². The van der Waals surface area contributed by atoms with Crippen LogP contribution in [0.25, 0.3) is 0 Å². The summed E-state index contributed by atoms with van der Waals surface area (Å²) in [6, 6.07) is 0. The minimum atomic E-state index is -0.731. The van der Waals surface area contributed by atoms with Crippen molar-refractivity contribution in [1.29, 1.82) is 0 Å². The van der Waals surface area contributed by atoms with Crippen molar-refractivity contribution < 1.29 is 19.7 Å². The van der Waals surface area contributed by atoms with E-state index >= 15 is 0 Å². The molecular weight excluding hydrogens is 280 g/mol. The van der Waals surface area contributed by atoms with Gasteiger partial charge in [-0.3, -0.25) is 0 Å². The van der Waals surface area contributed by atoms with Crippen molar-refractivity contribution >= 4 is 0 Å². The van der Waals surface area contributed by atoms with Crippen LogP contribution in [0.3, 0.4) is 0 Å². The molecule has 0 bridgehead atoms. The minimum absolute atomic E-state index is 0.00381. The molecule has 22 heavy (non-hydrogen) atoms. The Morgan fingerprint density at radius 1 is 0.955 bits per heavy atom. The monoisotopic (exact) mass is 316 g/mol. The van der Waals surface area contributed by atoms with Gasteiger partial charge in [0, 0.05) is 12.5 Å². The largest absolute Gasteiger partial charge is 0.394 e. The first kappa shape index (κ1) is 19.9. The summed E-state index contributed by atoms with van der Waals surface area (Å²) in [5.41, 5.74) is 0. The molecule has 0 aliphatic carbocycles. The zero-order valence-corrected chi connectivity index (χ0v) is 14.7. The van der Waals surface area contributed by atoms with Crippen molar-refractivity contribution in [3.05, 3.63) is 0 Å². The van der Waals surface area contributed by atoms with Crippen LogP contribution in [-0.2, 0) is 9.47 Å². The molecule has 5 atom stereocenters. The summed E-state index contributed by atoms with van der Waals surface area (Å²) in [5.74, 6) is 0.145. The number of unbranched alkanes of at least 4 members (excludes halogenated alkanes) is 7. The van der Waals surface area contributed by atoms with Crippen molar-refractivity contribution in [2.24, 2.45) is 5.92 Å². The molecule has 2 N–H and O–H groups in total. The Morgan fingerprint density at radius 3 is 2.14 bits per heavy atom. The molecule has 1 heterocycles. The highest BCUT2D eigenvalue weighted by atomic mass is 16.5. The molecule has 1 saturated heterocycles. The second-order valence-corrected chi connectivity index (χ2v) is 6.72. The zero-order valence-electron chi connectivity index (χ0n) is 14.7. The molecule has 1 aliphatic heterocycles. The van der Waals surface area contributed by atoms with Crippen molar-refractivity contribution in [3.8, 4) is 0 Å². The first-order valence-electron chi connectivity index (χ1n) is 9.17. The van der Waals surface area contributed by atoms with E-state index in [0.717, 1.165) is 6.42 Å². The van der Waals surface area contributed by atoms with Gasteiger partial charge in [-0.2, -0.15) is 0 Å². The highest BCUT2D eigenvalue weighted by Gasteiger charge is 2.41. The van der Waals surface area contributed by atoms with Crippen molar-refractivity contribution in [2.75, 3.05) is 13.2 Å². The number of hydrogen-bond donors (Lipinski definition) is 2. The molecular formula is C18H36O4. The average Bonchev–Trinajstić information content (AvgIpc) is 2.52. The quantitative estimate of drug-likeness (QED) is 0.574. The second kappa shape index (κ2) is 11.4. The van der Waals surface area contributed by atoms with Crippen LogP contribution in [0.1, 0.15) is 72.1 Å². The maximum atomic E-state index is 10.2. The van der Waals surface area contributed by atoms with Crippen LogP contribution >= 0.6 is 0 Å². The number of hydrogen-bond acceptors (Lipinski definition) is 4. The first-order chi connectivity index (χ1) is 10.6. The van der Waals surface area contributed by atoms with Crippen LogP contribution in [0.2, 0.25) is 0 Å². The molecule has 0 unspecified atom stereocenters. The predicted octanol–water partition coefficient (Wildman–Crippen LogP) is 3.29. The highest BCUT2D eigenvalue weighted by Crippen LogP contribution is 2.28. The number of aliphatic hydroxyl groups excluding tert-OH is 2. The summed E-state index contributed by atoms with van der Waals surface area (Å²) < 4.78 is 11.5. The Bertz CT molecular complexity index is 272. The predicted molar refractivity (Wildman–Crippen MR) is 88.9 cm³/mol. The smallest absolute Gasteiger partial charge is 0.109 e. The second-order valence-electron chi connectivity index (χ2n) is 6.72. The van der Waals surface area contributed by atoms with Gasteiger partial charge in [-0.05, 0) is 13.3 Å². The van der Waals surface area contributed by atoms with Gasteiger partial charge in [-0.25, -0.2) is 0 Å². The fraction of sp³-hybridized carbons (Fsp3) is 1.00. The molecule has 0 amide bonds. The lowest BCUT2D eigenvalue weighted by molar-refractivity contribution is -0.214. The van der Waals surface area contributed by atoms with E-state index in [4.69, 9.17) is 9.47 Å². The van der Waals surface area contributed by atoms with Crippen LogP contribution in [0.5, 0.6) is 0 Å². The lowest BCUT2D eigenvalue weighted by atomic mass is 9.89. The van der Waals surface area contributed by atoms with E-state index in [1.165, 1.54) is 44.9 Å². The SMILES string of the molecule is CCCCCCCCCCO[C@@H]1[C@@H](C)[C@@H](C)O[C@H](CO)[C@H]1O. The Hall–Kier alpha value is -0.160. The van der Waals surface area contributed by atoms with Gasteiger partial charge >= 0.3 is 0 Å². The summed E-state index contributed by atoms with van der Waals surface area (Å²) >= 11 is 0. The zero-order chi connectivity index (χ0) is 16.4. The Morgan fingerprint density at radius 2 is 1.55 bits per heavy atom. The molecule has 0 aromatic heterocycles. The summed E-state index contributed by atoms with van der Waals surface area (Å²) in [6.45, 7) is 6.79. The third-order valence-corrected chi connectivity index (χ3v) is 4.85. The normalized spacial score (nSPS) is 32.3. The van der Waals surface area contributed by atoms with E-state index in [-0.39, 0.29) is 24.7 Å². The van der Waals surface area contributed by atoms with E-state index in [9.17, 15) is 10.2 Å². The highest BCUT2D eigenvalue weighted by molar-refractivity contribution is 4.89. The first-order valence-corrected chi connectivity index (χ1v) is 9.17. The fourth-order valence-electron chi connectivity index (χ4n) is 3.13. The van der Waals surface area contributed by atoms with Crippen LogP contribution < -0.4 is 0 Å². The Labute approximate surface area is 136 Å². The van der Waals surface area contributed by atoms with Crippen molar-refractivity contribution in [2.45, 2.75) is 96.6 Å². The van der Waals surface area contributed by atoms with Gasteiger partial charge in [0.05, 0.1) is 18.8 Å². The van der Waals surface area contributed by atoms with E-state index in [0.29, 0.717) is 6.61 Å².